The van der Waals surface area contributed by atoms with E-state index in [2.05, 4.69) is 10.9 Å². The molecule has 0 aliphatic carbocycles. The highest BCUT2D eigenvalue weighted by Crippen LogP contribution is 2.14. The molecule has 0 unspecified atom stereocenters. The Labute approximate surface area is 70.0 Å². The highest BCUT2D eigenvalue weighted by atomic mass is 14.7. The number of hydrogen-bond donors (Lipinski definition) is 2. The molecule has 2 N–H and O–H groups in total. The molecule has 0 saturated carbocycles. The summed E-state index contributed by atoms with van der Waals surface area (Å²) in [7, 11) is 0. The van der Waals surface area contributed by atoms with Gasteiger partial charge in [-0.2, -0.15) is 0 Å². The molecule has 12 heavy (non-hydrogen) atoms. The SMILES string of the molecule is N=C=Cc1ccc2[nH]ccc2c1. The van der Waals surface area contributed by atoms with Gasteiger partial charge in [-0.15, -0.1) is 0 Å². The van der Waals surface area contributed by atoms with Crippen molar-refractivity contribution in [3.63, 3.8) is 0 Å². The number of hydrogen-bond acceptors (Lipinski definition) is 1. The van der Waals surface area contributed by atoms with Crippen LogP contribution in [0.5, 0.6) is 0 Å². The highest BCUT2D eigenvalue weighted by molar-refractivity contribution is 5.85. The number of H-pyrrole nitrogens is 1. The summed E-state index contributed by atoms with van der Waals surface area (Å²) in [6.45, 7) is 0. The molecule has 0 spiro atoms. The van der Waals surface area contributed by atoms with Gasteiger partial charge < -0.3 is 4.98 Å². The first-order valence-corrected chi connectivity index (χ1v) is 3.73. The third kappa shape index (κ3) is 1.04. The van der Waals surface area contributed by atoms with Gasteiger partial charge in [0, 0.05) is 17.8 Å². The zero-order valence-corrected chi connectivity index (χ0v) is 6.46. The molecule has 1 aromatic heterocycles. The fourth-order valence-corrected chi connectivity index (χ4v) is 1.24. The number of aromatic nitrogens is 1. The molecule has 2 heteroatoms. The van der Waals surface area contributed by atoms with Crippen molar-refractivity contribution < 1.29 is 0 Å². The fraction of sp³-hybridized carbons (Fsp3) is 0. The van der Waals surface area contributed by atoms with Gasteiger partial charge in [0.1, 0.15) is 0 Å². The number of fused-ring (bicyclic) bond motifs is 1. The van der Waals surface area contributed by atoms with Crippen LogP contribution in [-0.2, 0) is 0 Å². The lowest BCUT2D eigenvalue weighted by Crippen LogP contribution is -1.71. The predicted molar refractivity (Wildman–Crippen MR) is 50.5 cm³/mol. The van der Waals surface area contributed by atoms with E-state index >= 15 is 0 Å². The van der Waals surface area contributed by atoms with Gasteiger partial charge in [0.05, 0.1) is 0 Å². The predicted octanol–water partition coefficient (Wildman–Crippen LogP) is 2.43. The van der Waals surface area contributed by atoms with Gasteiger partial charge in [-0.05, 0) is 35.0 Å². The van der Waals surface area contributed by atoms with E-state index in [-0.39, 0.29) is 0 Å². The van der Waals surface area contributed by atoms with E-state index < -0.39 is 0 Å². The monoisotopic (exact) mass is 156 g/mol. The Hall–Kier alpha value is -1.79. The molecule has 1 heterocycles. The Kier molecular flexibility index (Phi) is 1.54. The molecule has 1 aromatic carbocycles. The van der Waals surface area contributed by atoms with Crippen molar-refractivity contribution in [1.82, 2.24) is 4.98 Å². The van der Waals surface area contributed by atoms with Crippen LogP contribution in [0.25, 0.3) is 17.0 Å². The Morgan fingerprint density at radius 3 is 3.08 bits per heavy atom. The molecule has 2 aromatic rings. The first kappa shape index (κ1) is 6.89. The summed E-state index contributed by atoms with van der Waals surface area (Å²) in [6, 6.07) is 7.99. The molecule has 0 bridgehead atoms. The van der Waals surface area contributed by atoms with Crippen LogP contribution in [0.3, 0.4) is 0 Å². The molecule has 58 valence electrons. The van der Waals surface area contributed by atoms with Crippen molar-refractivity contribution in [2.45, 2.75) is 0 Å². The van der Waals surface area contributed by atoms with Gasteiger partial charge in [0.15, 0.2) is 0 Å². The maximum atomic E-state index is 6.80. The molecule has 0 atom stereocenters. The second-order valence-corrected chi connectivity index (χ2v) is 2.61. The number of benzene rings is 1. The van der Waals surface area contributed by atoms with E-state index in [1.165, 1.54) is 5.39 Å². The van der Waals surface area contributed by atoms with Crippen LogP contribution in [0.1, 0.15) is 5.56 Å². The average molecular weight is 156 g/mol. The Balaban J connectivity index is 2.67. The first-order valence-electron chi connectivity index (χ1n) is 3.73. The van der Waals surface area contributed by atoms with Gasteiger partial charge in [0.2, 0.25) is 0 Å². The summed E-state index contributed by atoms with van der Waals surface area (Å²) >= 11 is 0. The van der Waals surface area contributed by atoms with Crippen molar-refractivity contribution in [3.8, 4) is 0 Å². The number of aromatic amines is 1. The smallest absolute Gasteiger partial charge is 0.0454 e. The lowest BCUT2D eigenvalue weighted by atomic mass is 10.1. The van der Waals surface area contributed by atoms with Crippen molar-refractivity contribution >= 4 is 22.8 Å². The summed E-state index contributed by atoms with van der Waals surface area (Å²) in [4.78, 5) is 3.11. The minimum atomic E-state index is 1.01. The topological polar surface area (TPSA) is 39.6 Å². The molecule has 0 saturated heterocycles. The average Bonchev–Trinajstić information content (AvgIpc) is 2.51. The van der Waals surface area contributed by atoms with E-state index in [1.54, 1.807) is 6.08 Å². The van der Waals surface area contributed by atoms with E-state index in [0.29, 0.717) is 0 Å². The minimum Gasteiger partial charge on any atom is -0.361 e. The fourth-order valence-electron chi connectivity index (χ4n) is 1.24. The molecular formula is C10H8N2. The van der Waals surface area contributed by atoms with E-state index in [1.807, 2.05) is 30.5 Å². The van der Waals surface area contributed by atoms with Crippen LogP contribution < -0.4 is 0 Å². The van der Waals surface area contributed by atoms with Gasteiger partial charge in [-0.1, -0.05) is 6.07 Å². The van der Waals surface area contributed by atoms with Crippen LogP contribution >= 0.6 is 0 Å². The van der Waals surface area contributed by atoms with Gasteiger partial charge in [0.25, 0.3) is 0 Å². The third-order valence-electron chi connectivity index (χ3n) is 1.82. The van der Waals surface area contributed by atoms with Crippen LogP contribution in [-0.4, -0.2) is 10.9 Å². The summed E-state index contributed by atoms with van der Waals surface area (Å²) in [5.74, 6) is 2.26. The summed E-state index contributed by atoms with van der Waals surface area (Å²) in [5, 5.41) is 7.96. The quantitative estimate of drug-likeness (QED) is 0.595. The van der Waals surface area contributed by atoms with Crippen LogP contribution in [0, 0.1) is 5.41 Å². The minimum absolute atomic E-state index is 1.01. The van der Waals surface area contributed by atoms with Gasteiger partial charge in [-0.3, -0.25) is 5.41 Å². The highest BCUT2D eigenvalue weighted by Gasteiger charge is 1.93. The zero-order chi connectivity index (χ0) is 8.39. The summed E-state index contributed by atoms with van der Waals surface area (Å²) in [5.41, 5.74) is 2.13. The number of nitrogens with one attached hydrogen (secondary N) is 2. The van der Waals surface area contributed by atoms with E-state index in [4.69, 9.17) is 5.41 Å². The Bertz CT molecular complexity index is 448. The molecule has 0 fully saturated rings. The standard InChI is InChI=1S/C10H8N2/c11-5-3-8-1-2-10-9(7-8)4-6-12-10/h1-4,6-7,11-12H. The van der Waals surface area contributed by atoms with Crippen LogP contribution in [0.15, 0.2) is 30.5 Å². The first-order chi connectivity index (χ1) is 5.90. The Morgan fingerprint density at radius 2 is 2.25 bits per heavy atom. The second-order valence-electron chi connectivity index (χ2n) is 2.61. The molecular weight excluding hydrogens is 148 g/mol. The van der Waals surface area contributed by atoms with Crippen molar-refractivity contribution in [2.75, 3.05) is 0 Å². The molecule has 2 nitrogen and oxygen atoms in total. The maximum absolute atomic E-state index is 6.80. The van der Waals surface area contributed by atoms with Crippen LogP contribution in [0.4, 0.5) is 0 Å². The lowest BCUT2D eigenvalue weighted by molar-refractivity contribution is 1.48. The van der Waals surface area contributed by atoms with Gasteiger partial charge >= 0.3 is 0 Å². The molecule has 0 aliphatic rings. The lowest BCUT2D eigenvalue weighted by Gasteiger charge is -1.91. The maximum Gasteiger partial charge on any atom is 0.0454 e. The van der Waals surface area contributed by atoms with Crippen molar-refractivity contribution in [3.05, 3.63) is 36.0 Å². The molecule has 0 radical (unpaired) electrons. The molecule has 2 rings (SSSR count). The number of rotatable bonds is 1. The van der Waals surface area contributed by atoms with E-state index in [9.17, 15) is 0 Å². The summed E-state index contributed by atoms with van der Waals surface area (Å²) in [6.07, 6.45) is 3.55. The van der Waals surface area contributed by atoms with Crippen molar-refractivity contribution in [2.24, 2.45) is 0 Å². The molecule has 0 amide bonds. The Morgan fingerprint density at radius 1 is 1.33 bits per heavy atom. The van der Waals surface area contributed by atoms with Crippen molar-refractivity contribution in [1.29, 1.82) is 5.41 Å². The third-order valence-corrected chi connectivity index (χ3v) is 1.82. The zero-order valence-electron chi connectivity index (χ0n) is 6.46. The molecule has 0 aliphatic heterocycles. The normalized spacial score (nSPS) is 9.67. The second kappa shape index (κ2) is 2.68. The largest absolute Gasteiger partial charge is 0.361 e. The van der Waals surface area contributed by atoms with Gasteiger partial charge in [-0.25, -0.2) is 0 Å². The van der Waals surface area contributed by atoms with Crippen LogP contribution in [0.2, 0.25) is 0 Å². The van der Waals surface area contributed by atoms with E-state index in [0.717, 1.165) is 11.1 Å². The summed E-state index contributed by atoms with van der Waals surface area (Å²) < 4.78 is 0.